The van der Waals surface area contributed by atoms with Gasteiger partial charge in [-0.1, -0.05) is 24.3 Å². The van der Waals surface area contributed by atoms with Crippen LogP contribution in [0.5, 0.6) is 5.75 Å². The average molecular weight is 271 g/mol. The summed E-state index contributed by atoms with van der Waals surface area (Å²) in [4.78, 5) is 0. The van der Waals surface area contributed by atoms with Gasteiger partial charge in [0.25, 0.3) is 0 Å². The number of ether oxygens (including phenoxy) is 1. The number of hydrogen-bond acceptors (Lipinski definition) is 2. The third kappa shape index (κ3) is 2.77. The van der Waals surface area contributed by atoms with Crippen LogP contribution in [-0.2, 0) is 6.42 Å². The lowest BCUT2D eigenvalue weighted by Crippen LogP contribution is -2.25. The van der Waals surface area contributed by atoms with Crippen molar-refractivity contribution in [2.75, 3.05) is 11.9 Å². The Hall–Kier alpha value is -2.03. The van der Waals surface area contributed by atoms with Gasteiger partial charge in [-0.3, -0.25) is 0 Å². The SMILES string of the molecule is Cc1ccc(F)c(OC2CCc3ccccc3NC2)c1. The summed E-state index contributed by atoms with van der Waals surface area (Å²) in [5.74, 6) is 0.0557. The van der Waals surface area contributed by atoms with Crippen molar-refractivity contribution in [3.63, 3.8) is 0 Å². The first-order valence-corrected chi connectivity index (χ1v) is 6.97. The van der Waals surface area contributed by atoms with Crippen molar-refractivity contribution in [2.24, 2.45) is 0 Å². The Morgan fingerprint density at radius 3 is 2.95 bits per heavy atom. The monoisotopic (exact) mass is 271 g/mol. The van der Waals surface area contributed by atoms with Gasteiger partial charge in [0.2, 0.25) is 0 Å². The van der Waals surface area contributed by atoms with Gasteiger partial charge in [0.05, 0.1) is 6.54 Å². The second-order valence-electron chi connectivity index (χ2n) is 5.25. The Morgan fingerprint density at radius 1 is 1.20 bits per heavy atom. The van der Waals surface area contributed by atoms with E-state index in [9.17, 15) is 4.39 Å². The van der Waals surface area contributed by atoms with Crippen molar-refractivity contribution < 1.29 is 9.13 Å². The molecule has 1 N–H and O–H groups in total. The first-order valence-electron chi connectivity index (χ1n) is 6.97. The summed E-state index contributed by atoms with van der Waals surface area (Å²) >= 11 is 0. The predicted octanol–water partition coefficient (Wildman–Crippen LogP) is 3.94. The molecule has 2 aromatic carbocycles. The number of fused-ring (bicyclic) bond motifs is 1. The number of para-hydroxylation sites is 1. The van der Waals surface area contributed by atoms with Gasteiger partial charge in [0, 0.05) is 5.69 Å². The molecule has 0 aliphatic carbocycles. The fourth-order valence-corrected chi connectivity index (χ4v) is 2.53. The maximum Gasteiger partial charge on any atom is 0.165 e. The Labute approximate surface area is 118 Å². The van der Waals surface area contributed by atoms with Crippen LogP contribution in [-0.4, -0.2) is 12.6 Å². The molecule has 0 spiro atoms. The van der Waals surface area contributed by atoms with Gasteiger partial charge < -0.3 is 10.1 Å². The van der Waals surface area contributed by atoms with Crippen LogP contribution >= 0.6 is 0 Å². The molecule has 2 nitrogen and oxygen atoms in total. The fourth-order valence-electron chi connectivity index (χ4n) is 2.53. The van der Waals surface area contributed by atoms with Gasteiger partial charge in [-0.25, -0.2) is 4.39 Å². The lowest BCUT2D eigenvalue weighted by atomic mass is 10.1. The van der Waals surface area contributed by atoms with E-state index in [1.165, 1.54) is 11.6 Å². The molecule has 2 aromatic rings. The quantitative estimate of drug-likeness (QED) is 0.893. The van der Waals surface area contributed by atoms with Crippen LogP contribution in [0.25, 0.3) is 0 Å². The van der Waals surface area contributed by atoms with Gasteiger partial charge in [0.15, 0.2) is 11.6 Å². The average Bonchev–Trinajstić information content (AvgIpc) is 2.66. The molecule has 0 bridgehead atoms. The molecule has 1 atom stereocenters. The van der Waals surface area contributed by atoms with E-state index in [1.807, 2.05) is 19.1 Å². The summed E-state index contributed by atoms with van der Waals surface area (Å²) in [6.45, 7) is 2.64. The molecule has 0 aromatic heterocycles. The molecule has 0 saturated carbocycles. The summed E-state index contributed by atoms with van der Waals surface area (Å²) in [5.41, 5.74) is 3.46. The second kappa shape index (κ2) is 5.53. The summed E-state index contributed by atoms with van der Waals surface area (Å²) in [7, 11) is 0. The van der Waals surface area contributed by atoms with Crippen molar-refractivity contribution in [3.8, 4) is 5.75 Å². The smallest absolute Gasteiger partial charge is 0.165 e. The van der Waals surface area contributed by atoms with Crippen LogP contribution in [0.3, 0.4) is 0 Å². The minimum Gasteiger partial charge on any atom is -0.485 e. The molecule has 3 heteroatoms. The number of rotatable bonds is 2. The molecule has 1 aliphatic rings. The molecule has 1 unspecified atom stereocenters. The normalized spacial score (nSPS) is 17.8. The Morgan fingerprint density at radius 2 is 2.05 bits per heavy atom. The molecule has 20 heavy (non-hydrogen) atoms. The predicted molar refractivity (Wildman–Crippen MR) is 78.8 cm³/mol. The standard InChI is InChI=1S/C17H18FNO/c1-12-6-9-15(18)17(10-12)20-14-8-7-13-4-2-3-5-16(13)19-11-14/h2-6,9-10,14,19H,7-8,11H2,1H3. The topological polar surface area (TPSA) is 21.3 Å². The first-order chi connectivity index (χ1) is 9.72. The van der Waals surface area contributed by atoms with E-state index in [-0.39, 0.29) is 11.9 Å². The lowest BCUT2D eigenvalue weighted by Gasteiger charge is -2.18. The fraction of sp³-hybridized carbons (Fsp3) is 0.294. The molecule has 0 saturated heterocycles. The van der Waals surface area contributed by atoms with Gasteiger partial charge >= 0.3 is 0 Å². The second-order valence-corrected chi connectivity index (χ2v) is 5.25. The van der Waals surface area contributed by atoms with Gasteiger partial charge in [-0.15, -0.1) is 0 Å². The molecular formula is C17H18FNO. The number of nitrogens with one attached hydrogen (secondary N) is 1. The van der Waals surface area contributed by atoms with Crippen molar-refractivity contribution in [3.05, 3.63) is 59.4 Å². The Balaban J connectivity index is 1.73. The molecular weight excluding hydrogens is 253 g/mol. The van der Waals surface area contributed by atoms with Crippen LogP contribution in [0.1, 0.15) is 17.5 Å². The highest BCUT2D eigenvalue weighted by Gasteiger charge is 2.18. The van der Waals surface area contributed by atoms with Crippen LogP contribution in [0.15, 0.2) is 42.5 Å². The van der Waals surface area contributed by atoms with Gasteiger partial charge in [-0.05, 0) is 49.1 Å². The highest BCUT2D eigenvalue weighted by atomic mass is 19.1. The third-order valence-electron chi connectivity index (χ3n) is 3.65. The Kier molecular flexibility index (Phi) is 3.59. The Bertz CT molecular complexity index is 585. The van der Waals surface area contributed by atoms with Crippen molar-refractivity contribution in [1.29, 1.82) is 0 Å². The molecule has 104 valence electrons. The minimum absolute atomic E-state index is 0.0151. The van der Waals surface area contributed by atoms with Crippen LogP contribution in [0, 0.1) is 12.7 Å². The number of halogens is 1. The van der Waals surface area contributed by atoms with Crippen molar-refractivity contribution >= 4 is 5.69 Å². The highest BCUT2D eigenvalue weighted by molar-refractivity contribution is 5.52. The maximum atomic E-state index is 13.7. The summed E-state index contributed by atoms with van der Waals surface area (Å²) in [6.07, 6.45) is 1.82. The highest BCUT2D eigenvalue weighted by Crippen LogP contribution is 2.25. The van der Waals surface area contributed by atoms with Crippen LogP contribution in [0.2, 0.25) is 0 Å². The molecule has 0 amide bonds. The van der Waals surface area contributed by atoms with E-state index < -0.39 is 0 Å². The zero-order valence-corrected chi connectivity index (χ0v) is 11.5. The van der Waals surface area contributed by atoms with E-state index >= 15 is 0 Å². The van der Waals surface area contributed by atoms with Crippen LogP contribution < -0.4 is 10.1 Å². The first kappa shape index (κ1) is 13.0. The van der Waals surface area contributed by atoms with E-state index in [1.54, 1.807) is 12.1 Å². The number of benzene rings is 2. The molecule has 1 aliphatic heterocycles. The van der Waals surface area contributed by atoms with Gasteiger partial charge in [-0.2, -0.15) is 0 Å². The summed E-state index contributed by atoms with van der Waals surface area (Å²) < 4.78 is 19.6. The number of anilines is 1. The molecule has 0 fully saturated rings. The van der Waals surface area contributed by atoms with Crippen molar-refractivity contribution in [2.45, 2.75) is 25.9 Å². The molecule has 0 radical (unpaired) electrons. The zero-order valence-electron chi connectivity index (χ0n) is 11.5. The number of hydrogen-bond donors (Lipinski definition) is 1. The van der Waals surface area contributed by atoms with Crippen molar-refractivity contribution in [1.82, 2.24) is 0 Å². The maximum absolute atomic E-state index is 13.7. The number of aryl methyl sites for hydroxylation is 2. The van der Waals surface area contributed by atoms with E-state index in [0.29, 0.717) is 12.3 Å². The lowest BCUT2D eigenvalue weighted by molar-refractivity contribution is 0.197. The largest absolute Gasteiger partial charge is 0.485 e. The molecule has 3 rings (SSSR count). The van der Waals surface area contributed by atoms with E-state index in [0.717, 1.165) is 24.1 Å². The summed E-state index contributed by atoms with van der Waals surface area (Å²) in [5, 5.41) is 3.38. The molecule has 1 heterocycles. The minimum atomic E-state index is -0.294. The van der Waals surface area contributed by atoms with E-state index in [2.05, 4.69) is 17.4 Å². The summed E-state index contributed by atoms with van der Waals surface area (Å²) in [6, 6.07) is 13.2. The van der Waals surface area contributed by atoms with E-state index in [4.69, 9.17) is 4.74 Å². The van der Waals surface area contributed by atoms with Crippen LogP contribution in [0.4, 0.5) is 10.1 Å². The zero-order chi connectivity index (χ0) is 13.9. The third-order valence-corrected chi connectivity index (χ3v) is 3.65. The van der Waals surface area contributed by atoms with Gasteiger partial charge in [0.1, 0.15) is 6.10 Å².